The van der Waals surface area contributed by atoms with Crippen molar-refractivity contribution in [2.75, 3.05) is 31.6 Å². The van der Waals surface area contributed by atoms with Gasteiger partial charge < -0.3 is 15.0 Å². The zero-order chi connectivity index (χ0) is 16.5. The van der Waals surface area contributed by atoms with Crippen LogP contribution < -0.4 is 5.32 Å². The van der Waals surface area contributed by atoms with Crippen molar-refractivity contribution in [2.45, 2.75) is 20.3 Å². The van der Waals surface area contributed by atoms with E-state index in [1.807, 2.05) is 13.8 Å². The summed E-state index contributed by atoms with van der Waals surface area (Å²) in [4.78, 5) is 25.5. The van der Waals surface area contributed by atoms with Crippen LogP contribution >= 0.6 is 23.2 Å². The predicted octanol–water partition coefficient (Wildman–Crippen LogP) is 3.21. The lowest BCUT2D eigenvalue weighted by atomic mass is 10.3. The normalized spacial score (nSPS) is 10.4. The first-order valence-corrected chi connectivity index (χ1v) is 7.83. The largest absolute Gasteiger partial charge is 0.372 e. The Morgan fingerprint density at radius 1 is 1.27 bits per heavy atom. The number of nitrogens with zero attached hydrogens (tertiary/aromatic N) is 1. The summed E-state index contributed by atoms with van der Waals surface area (Å²) < 4.78 is 5.10. The third-order valence-corrected chi connectivity index (χ3v) is 3.38. The monoisotopic (exact) mass is 346 g/mol. The van der Waals surface area contributed by atoms with E-state index >= 15 is 0 Å². The maximum atomic E-state index is 12.1. The topological polar surface area (TPSA) is 58.6 Å². The van der Waals surface area contributed by atoms with Crippen LogP contribution in [0.3, 0.4) is 0 Å². The maximum absolute atomic E-state index is 12.1. The van der Waals surface area contributed by atoms with Crippen molar-refractivity contribution in [3.05, 3.63) is 28.2 Å². The standard InChI is InChI=1S/C15H20Cl2N2O3/c1-3-7-19(15(21)10-22-4-2)9-14(20)18-13-8-11(16)5-6-12(13)17/h5-6,8H,3-4,7,9-10H2,1-2H3,(H,18,20). The van der Waals surface area contributed by atoms with Crippen molar-refractivity contribution < 1.29 is 14.3 Å². The average Bonchev–Trinajstić information content (AvgIpc) is 2.48. The quantitative estimate of drug-likeness (QED) is 0.786. The van der Waals surface area contributed by atoms with Gasteiger partial charge in [-0.2, -0.15) is 0 Å². The summed E-state index contributed by atoms with van der Waals surface area (Å²) in [5.74, 6) is -0.543. The lowest BCUT2D eigenvalue weighted by Gasteiger charge is -2.21. The van der Waals surface area contributed by atoms with Gasteiger partial charge in [0.25, 0.3) is 0 Å². The molecule has 0 atom stereocenters. The predicted molar refractivity (Wildman–Crippen MR) is 88.5 cm³/mol. The van der Waals surface area contributed by atoms with Gasteiger partial charge in [0.15, 0.2) is 0 Å². The van der Waals surface area contributed by atoms with Crippen molar-refractivity contribution in [2.24, 2.45) is 0 Å². The van der Waals surface area contributed by atoms with Crippen molar-refractivity contribution in [1.82, 2.24) is 4.90 Å². The van der Waals surface area contributed by atoms with E-state index in [0.717, 1.165) is 6.42 Å². The minimum absolute atomic E-state index is 0.0261. The van der Waals surface area contributed by atoms with E-state index in [2.05, 4.69) is 5.32 Å². The summed E-state index contributed by atoms with van der Waals surface area (Å²) >= 11 is 11.9. The second-order valence-corrected chi connectivity index (χ2v) is 5.47. The highest BCUT2D eigenvalue weighted by molar-refractivity contribution is 6.35. The fraction of sp³-hybridized carbons (Fsp3) is 0.467. The molecule has 0 unspecified atom stereocenters. The van der Waals surface area contributed by atoms with E-state index < -0.39 is 0 Å². The van der Waals surface area contributed by atoms with Crippen molar-refractivity contribution >= 4 is 40.7 Å². The molecule has 0 aliphatic rings. The molecule has 0 saturated carbocycles. The molecule has 122 valence electrons. The molecule has 5 nitrogen and oxygen atoms in total. The molecule has 1 rings (SSSR count). The van der Waals surface area contributed by atoms with Gasteiger partial charge in [-0.15, -0.1) is 0 Å². The zero-order valence-corrected chi connectivity index (χ0v) is 14.2. The molecule has 0 aliphatic heterocycles. The molecule has 2 amide bonds. The number of anilines is 1. The number of ether oxygens (including phenoxy) is 1. The fourth-order valence-electron chi connectivity index (χ4n) is 1.80. The average molecular weight is 347 g/mol. The van der Waals surface area contributed by atoms with E-state index in [4.69, 9.17) is 27.9 Å². The Hall–Kier alpha value is -1.30. The molecular weight excluding hydrogens is 327 g/mol. The van der Waals surface area contributed by atoms with Gasteiger partial charge in [-0.25, -0.2) is 0 Å². The van der Waals surface area contributed by atoms with Crippen LogP contribution in [0.2, 0.25) is 10.0 Å². The SMILES string of the molecule is CCCN(CC(=O)Nc1cc(Cl)ccc1Cl)C(=O)COCC. The Morgan fingerprint density at radius 2 is 2.00 bits per heavy atom. The maximum Gasteiger partial charge on any atom is 0.249 e. The molecule has 0 bridgehead atoms. The lowest BCUT2D eigenvalue weighted by molar-refractivity contribution is -0.138. The van der Waals surface area contributed by atoms with Crippen molar-refractivity contribution in [3.8, 4) is 0 Å². The third-order valence-electron chi connectivity index (χ3n) is 2.81. The first-order valence-electron chi connectivity index (χ1n) is 7.08. The molecule has 0 aromatic heterocycles. The van der Waals surface area contributed by atoms with Gasteiger partial charge in [-0.1, -0.05) is 30.1 Å². The summed E-state index contributed by atoms with van der Waals surface area (Å²) in [7, 11) is 0. The summed E-state index contributed by atoms with van der Waals surface area (Å²) in [6.07, 6.45) is 0.753. The van der Waals surface area contributed by atoms with E-state index in [1.165, 1.54) is 4.90 Å². The number of amides is 2. The number of rotatable bonds is 8. The van der Waals surface area contributed by atoms with Crippen LogP contribution in [0.25, 0.3) is 0 Å². The number of nitrogens with one attached hydrogen (secondary N) is 1. The molecular formula is C15H20Cl2N2O3. The van der Waals surface area contributed by atoms with Gasteiger partial charge in [0.2, 0.25) is 11.8 Å². The molecule has 1 aromatic carbocycles. The number of halogens is 2. The highest BCUT2D eigenvalue weighted by Gasteiger charge is 2.17. The van der Waals surface area contributed by atoms with Gasteiger partial charge in [-0.3, -0.25) is 9.59 Å². The second-order valence-electron chi connectivity index (χ2n) is 4.62. The molecule has 1 N–H and O–H groups in total. The fourth-order valence-corrected chi connectivity index (χ4v) is 2.14. The van der Waals surface area contributed by atoms with E-state index in [9.17, 15) is 9.59 Å². The number of carbonyl (C=O) groups excluding carboxylic acids is 2. The summed E-state index contributed by atoms with van der Waals surface area (Å²) in [6, 6.07) is 4.80. The first-order chi connectivity index (χ1) is 10.5. The summed E-state index contributed by atoms with van der Waals surface area (Å²) in [6.45, 7) is 4.61. The van der Waals surface area contributed by atoms with Crippen LogP contribution in [-0.4, -0.2) is 43.0 Å². The molecule has 0 radical (unpaired) electrons. The Morgan fingerprint density at radius 3 is 2.64 bits per heavy atom. The van der Waals surface area contributed by atoms with Gasteiger partial charge >= 0.3 is 0 Å². The number of benzene rings is 1. The molecule has 0 saturated heterocycles. The van der Waals surface area contributed by atoms with Crippen molar-refractivity contribution in [3.63, 3.8) is 0 Å². The van der Waals surface area contributed by atoms with Crippen molar-refractivity contribution in [1.29, 1.82) is 0 Å². The van der Waals surface area contributed by atoms with Crippen LogP contribution in [0.4, 0.5) is 5.69 Å². The highest BCUT2D eigenvalue weighted by atomic mass is 35.5. The third kappa shape index (κ3) is 6.22. The van der Waals surface area contributed by atoms with E-state index in [1.54, 1.807) is 18.2 Å². The molecule has 0 heterocycles. The second kappa shape index (κ2) is 9.66. The van der Waals surface area contributed by atoms with Gasteiger partial charge in [0.05, 0.1) is 17.3 Å². The Kier molecular flexibility index (Phi) is 8.24. The smallest absolute Gasteiger partial charge is 0.249 e. The molecule has 0 aliphatic carbocycles. The molecule has 7 heteroatoms. The molecule has 1 aromatic rings. The lowest BCUT2D eigenvalue weighted by Crippen LogP contribution is -2.40. The van der Waals surface area contributed by atoms with Gasteiger partial charge in [0, 0.05) is 18.2 Å². The van der Waals surface area contributed by atoms with Crippen LogP contribution in [0.15, 0.2) is 18.2 Å². The minimum Gasteiger partial charge on any atom is -0.372 e. The van der Waals surface area contributed by atoms with Crippen LogP contribution in [-0.2, 0) is 14.3 Å². The number of carbonyl (C=O) groups is 2. The van der Waals surface area contributed by atoms with E-state index in [-0.39, 0.29) is 25.0 Å². The minimum atomic E-state index is -0.331. The summed E-state index contributed by atoms with van der Waals surface area (Å²) in [5.41, 5.74) is 0.424. The Balaban J connectivity index is 2.66. The first kappa shape index (κ1) is 18.7. The zero-order valence-electron chi connectivity index (χ0n) is 12.7. The molecule has 0 spiro atoms. The van der Waals surface area contributed by atoms with Crippen LogP contribution in [0.5, 0.6) is 0 Å². The Bertz CT molecular complexity index is 524. The van der Waals surface area contributed by atoms with Gasteiger partial charge in [0.1, 0.15) is 6.61 Å². The highest BCUT2D eigenvalue weighted by Crippen LogP contribution is 2.25. The van der Waals surface area contributed by atoms with Gasteiger partial charge in [-0.05, 0) is 31.5 Å². The van der Waals surface area contributed by atoms with Crippen LogP contribution in [0, 0.1) is 0 Å². The Labute approximate surface area is 140 Å². The molecule has 0 fully saturated rings. The summed E-state index contributed by atoms with van der Waals surface area (Å²) in [5, 5.41) is 3.52. The molecule has 22 heavy (non-hydrogen) atoms. The van der Waals surface area contributed by atoms with E-state index in [0.29, 0.717) is 28.9 Å². The van der Waals surface area contributed by atoms with Crippen LogP contribution in [0.1, 0.15) is 20.3 Å². The number of hydrogen-bond donors (Lipinski definition) is 1. The number of hydrogen-bond acceptors (Lipinski definition) is 3.